The molecule has 0 amide bonds. The van der Waals surface area contributed by atoms with Crippen LogP contribution >= 0.6 is 0 Å². The predicted octanol–water partition coefficient (Wildman–Crippen LogP) is 0.827. The van der Waals surface area contributed by atoms with Crippen LogP contribution in [-0.2, 0) is 6.54 Å². The van der Waals surface area contributed by atoms with Gasteiger partial charge in [0.05, 0.1) is 0 Å². The van der Waals surface area contributed by atoms with E-state index >= 15 is 0 Å². The first-order chi connectivity index (χ1) is 9.19. The van der Waals surface area contributed by atoms with Gasteiger partial charge in [0.15, 0.2) is 5.82 Å². The molecule has 1 aliphatic carbocycles. The number of aromatic nitrogens is 2. The van der Waals surface area contributed by atoms with Gasteiger partial charge in [-0.2, -0.15) is 0 Å². The normalized spacial score (nSPS) is 30.4. The van der Waals surface area contributed by atoms with Crippen LogP contribution in [-0.4, -0.2) is 28.7 Å². The summed E-state index contributed by atoms with van der Waals surface area (Å²) < 4.78 is 1.72. The quantitative estimate of drug-likeness (QED) is 0.857. The molecule has 1 aliphatic heterocycles. The van der Waals surface area contributed by atoms with Gasteiger partial charge in [0, 0.05) is 38.1 Å². The molecule has 19 heavy (non-hydrogen) atoms. The second-order valence-electron chi connectivity index (χ2n) is 5.84. The molecule has 1 saturated carbocycles. The fourth-order valence-electron chi connectivity index (χ4n) is 3.54. The zero-order chi connectivity index (χ0) is 13.4. The van der Waals surface area contributed by atoms with E-state index in [1.165, 1.54) is 6.42 Å². The average Bonchev–Trinajstić information content (AvgIpc) is 2.81. The zero-order valence-corrected chi connectivity index (χ0v) is 11.5. The smallest absolute Gasteiger partial charge is 0.293 e. The van der Waals surface area contributed by atoms with Gasteiger partial charge in [-0.05, 0) is 38.0 Å². The van der Waals surface area contributed by atoms with Crippen LogP contribution in [0.15, 0.2) is 17.2 Å². The molecule has 1 saturated heterocycles. The van der Waals surface area contributed by atoms with E-state index in [1.807, 2.05) is 6.92 Å². The van der Waals surface area contributed by atoms with E-state index in [-0.39, 0.29) is 5.56 Å². The highest BCUT2D eigenvalue weighted by Gasteiger charge is 2.37. The van der Waals surface area contributed by atoms with Gasteiger partial charge in [-0.15, -0.1) is 0 Å². The lowest BCUT2D eigenvalue weighted by molar-refractivity contribution is 0.271. The molecule has 1 aromatic rings. The van der Waals surface area contributed by atoms with Gasteiger partial charge in [-0.1, -0.05) is 0 Å². The molecule has 104 valence electrons. The van der Waals surface area contributed by atoms with E-state index in [0.717, 1.165) is 25.9 Å². The Labute approximate surface area is 113 Å². The van der Waals surface area contributed by atoms with Gasteiger partial charge in [0.2, 0.25) is 0 Å². The van der Waals surface area contributed by atoms with E-state index < -0.39 is 0 Å². The summed E-state index contributed by atoms with van der Waals surface area (Å²) in [7, 11) is 0. The minimum Gasteiger partial charge on any atom is -0.351 e. The topological polar surface area (TPSA) is 64.2 Å². The zero-order valence-electron chi connectivity index (χ0n) is 11.5. The van der Waals surface area contributed by atoms with Crippen molar-refractivity contribution in [2.45, 2.75) is 38.8 Å². The van der Waals surface area contributed by atoms with Crippen LogP contribution in [0.1, 0.15) is 26.2 Å². The molecule has 5 heteroatoms. The SMILES string of the molecule is CCn1ccnc(N2C[C@H]3CCC(N)C[C@H]3C2)c1=O. The lowest BCUT2D eigenvalue weighted by atomic mass is 9.79. The molecule has 2 heterocycles. The largest absolute Gasteiger partial charge is 0.351 e. The Hall–Kier alpha value is -1.36. The van der Waals surface area contributed by atoms with Gasteiger partial charge in [-0.3, -0.25) is 4.79 Å². The minimum atomic E-state index is 0.0351. The number of aryl methyl sites for hydroxylation is 1. The molecule has 1 aromatic heterocycles. The first kappa shape index (κ1) is 12.7. The third-order valence-corrected chi connectivity index (χ3v) is 4.63. The number of nitrogens with two attached hydrogens (primary N) is 1. The first-order valence-corrected chi connectivity index (χ1v) is 7.25. The Morgan fingerprint density at radius 3 is 2.95 bits per heavy atom. The van der Waals surface area contributed by atoms with Crippen molar-refractivity contribution in [3.8, 4) is 0 Å². The number of nitrogens with zero attached hydrogens (tertiary/aromatic N) is 3. The van der Waals surface area contributed by atoms with Crippen LogP contribution in [0, 0.1) is 11.8 Å². The van der Waals surface area contributed by atoms with Gasteiger partial charge in [0.25, 0.3) is 5.56 Å². The van der Waals surface area contributed by atoms with Crippen LogP contribution in [0.2, 0.25) is 0 Å². The van der Waals surface area contributed by atoms with E-state index in [4.69, 9.17) is 5.73 Å². The summed E-state index contributed by atoms with van der Waals surface area (Å²) in [5.41, 5.74) is 6.09. The Bertz CT molecular complexity index is 512. The Balaban J connectivity index is 1.83. The maximum Gasteiger partial charge on any atom is 0.293 e. The Kier molecular flexibility index (Phi) is 3.31. The second-order valence-corrected chi connectivity index (χ2v) is 5.84. The van der Waals surface area contributed by atoms with Crippen molar-refractivity contribution in [2.75, 3.05) is 18.0 Å². The summed E-state index contributed by atoms with van der Waals surface area (Å²) in [6.45, 7) is 4.58. The summed E-state index contributed by atoms with van der Waals surface area (Å²) in [4.78, 5) is 18.8. The van der Waals surface area contributed by atoms with Crippen LogP contribution in [0.5, 0.6) is 0 Å². The van der Waals surface area contributed by atoms with E-state index in [2.05, 4.69) is 9.88 Å². The fourth-order valence-corrected chi connectivity index (χ4v) is 3.54. The first-order valence-electron chi connectivity index (χ1n) is 7.25. The highest BCUT2D eigenvalue weighted by atomic mass is 16.1. The molecule has 0 bridgehead atoms. The molecule has 5 nitrogen and oxygen atoms in total. The minimum absolute atomic E-state index is 0.0351. The van der Waals surface area contributed by atoms with E-state index in [9.17, 15) is 4.79 Å². The van der Waals surface area contributed by atoms with Crippen molar-refractivity contribution in [2.24, 2.45) is 17.6 Å². The fraction of sp³-hybridized carbons (Fsp3) is 0.714. The van der Waals surface area contributed by atoms with Crippen molar-refractivity contribution in [1.82, 2.24) is 9.55 Å². The molecule has 0 radical (unpaired) electrons. The van der Waals surface area contributed by atoms with Crippen LogP contribution in [0.4, 0.5) is 5.82 Å². The van der Waals surface area contributed by atoms with Gasteiger partial charge < -0.3 is 15.2 Å². The highest BCUT2D eigenvalue weighted by Crippen LogP contribution is 2.36. The number of fused-ring (bicyclic) bond motifs is 1. The van der Waals surface area contributed by atoms with Crippen LogP contribution < -0.4 is 16.2 Å². The van der Waals surface area contributed by atoms with Gasteiger partial charge in [-0.25, -0.2) is 4.98 Å². The third kappa shape index (κ3) is 2.27. The molecular formula is C14H22N4O. The van der Waals surface area contributed by atoms with Crippen molar-refractivity contribution < 1.29 is 0 Å². The molecule has 2 fully saturated rings. The predicted molar refractivity (Wildman–Crippen MR) is 75.2 cm³/mol. The summed E-state index contributed by atoms with van der Waals surface area (Å²) in [5, 5.41) is 0. The Morgan fingerprint density at radius 1 is 1.37 bits per heavy atom. The number of hydrogen-bond donors (Lipinski definition) is 1. The standard InChI is InChI=1S/C14H22N4O/c1-2-17-6-5-16-13(14(17)19)18-8-10-3-4-12(15)7-11(10)9-18/h5-6,10-12H,2-4,7-9,15H2,1H3/t10-,11+,12?/m1/s1. The molecule has 2 aliphatic rings. The monoisotopic (exact) mass is 262 g/mol. The molecule has 1 unspecified atom stereocenters. The van der Waals surface area contributed by atoms with Crippen molar-refractivity contribution >= 4 is 5.82 Å². The van der Waals surface area contributed by atoms with Crippen molar-refractivity contribution in [1.29, 1.82) is 0 Å². The summed E-state index contributed by atoms with van der Waals surface area (Å²) in [6, 6.07) is 0.345. The van der Waals surface area contributed by atoms with Crippen molar-refractivity contribution in [3.05, 3.63) is 22.7 Å². The summed E-state index contributed by atoms with van der Waals surface area (Å²) >= 11 is 0. The van der Waals surface area contributed by atoms with E-state index in [0.29, 0.717) is 30.2 Å². The molecule has 2 N–H and O–H groups in total. The Morgan fingerprint density at radius 2 is 2.16 bits per heavy atom. The third-order valence-electron chi connectivity index (χ3n) is 4.63. The summed E-state index contributed by atoms with van der Waals surface area (Å²) in [6.07, 6.45) is 6.89. The lowest BCUT2D eigenvalue weighted by Gasteiger charge is -2.27. The lowest BCUT2D eigenvalue weighted by Crippen LogP contribution is -2.32. The van der Waals surface area contributed by atoms with Crippen LogP contribution in [0.25, 0.3) is 0 Å². The van der Waals surface area contributed by atoms with Crippen molar-refractivity contribution in [3.63, 3.8) is 0 Å². The number of anilines is 1. The maximum atomic E-state index is 12.3. The molecule has 3 rings (SSSR count). The van der Waals surface area contributed by atoms with Gasteiger partial charge in [0.1, 0.15) is 0 Å². The molecule has 0 aromatic carbocycles. The second kappa shape index (κ2) is 4.96. The molecular weight excluding hydrogens is 240 g/mol. The van der Waals surface area contributed by atoms with Gasteiger partial charge >= 0.3 is 0 Å². The van der Waals surface area contributed by atoms with Crippen LogP contribution in [0.3, 0.4) is 0 Å². The number of rotatable bonds is 2. The number of hydrogen-bond acceptors (Lipinski definition) is 4. The van der Waals surface area contributed by atoms with E-state index in [1.54, 1.807) is 17.0 Å². The average molecular weight is 262 g/mol. The summed E-state index contributed by atoms with van der Waals surface area (Å²) in [5.74, 6) is 1.95. The highest BCUT2D eigenvalue weighted by molar-refractivity contribution is 5.37. The maximum absolute atomic E-state index is 12.3. The molecule has 0 spiro atoms. The molecule has 3 atom stereocenters.